The zero-order chi connectivity index (χ0) is 24.4. The van der Waals surface area contributed by atoms with Crippen LogP contribution in [-0.4, -0.2) is 39.5 Å². The van der Waals surface area contributed by atoms with E-state index in [0.29, 0.717) is 10.8 Å². The molecule has 0 amide bonds. The van der Waals surface area contributed by atoms with E-state index in [9.17, 15) is 0 Å². The molecule has 36 heavy (non-hydrogen) atoms. The van der Waals surface area contributed by atoms with Crippen molar-refractivity contribution in [2.75, 3.05) is 30.4 Å². The molecule has 1 saturated heterocycles. The Morgan fingerprint density at radius 1 is 1.08 bits per heavy atom. The standard InChI is InChI=1S/C27H26ClN7S/c1-30-24-22(28)19(8-11-31-24)36-20-6-7-21-33-25(18-15-32-26(20)35(18)21)34-12-9-27(10-13-34)14-16-4-2-3-5-17(16)23(27)29/h2-8,11,15,23H,9-10,12-14,29H2,1H3,(H,30,31)/t23-/m1/s1. The van der Waals surface area contributed by atoms with E-state index in [2.05, 4.69) is 56.0 Å². The van der Waals surface area contributed by atoms with E-state index >= 15 is 0 Å². The van der Waals surface area contributed by atoms with Gasteiger partial charge in [0.15, 0.2) is 11.5 Å². The van der Waals surface area contributed by atoms with Gasteiger partial charge in [0.1, 0.15) is 17.0 Å². The third-order valence-corrected chi connectivity index (χ3v) is 9.60. The summed E-state index contributed by atoms with van der Waals surface area (Å²) >= 11 is 8.16. The van der Waals surface area contributed by atoms with Crippen LogP contribution in [-0.2, 0) is 6.42 Å². The van der Waals surface area contributed by atoms with E-state index in [-0.39, 0.29) is 11.5 Å². The molecule has 7 rings (SSSR count). The normalized spacial score (nSPS) is 19.0. The van der Waals surface area contributed by atoms with Gasteiger partial charge in [0.2, 0.25) is 0 Å². The number of piperidine rings is 1. The minimum atomic E-state index is 0.114. The summed E-state index contributed by atoms with van der Waals surface area (Å²) in [6.07, 6.45) is 6.92. The summed E-state index contributed by atoms with van der Waals surface area (Å²) in [4.78, 5) is 18.5. The van der Waals surface area contributed by atoms with Crippen LogP contribution in [0.15, 0.2) is 64.6 Å². The molecule has 3 N–H and O–H groups in total. The van der Waals surface area contributed by atoms with Crippen molar-refractivity contribution >= 4 is 51.8 Å². The van der Waals surface area contributed by atoms with Gasteiger partial charge in [-0.15, -0.1) is 0 Å². The molecule has 182 valence electrons. The molecule has 5 aromatic rings. The molecule has 1 spiro atoms. The number of rotatable bonds is 4. The molecule has 1 aliphatic heterocycles. The maximum Gasteiger partial charge on any atom is 0.157 e. The first-order valence-electron chi connectivity index (χ1n) is 12.3. The molecule has 0 saturated carbocycles. The van der Waals surface area contributed by atoms with Crippen LogP contribution in [0.4, 0.5) is 11.6 Å². The zero-order valence-electron chi connectivity index (χ0n) is 19.9. The molecule has 5 heterocycles. The Bertz CT molecular complexity index is 1590. The van der Waals surface area contributed by atoms with E-state index in [1.54, 1.807) is 18.0 Å². The Hall–Kier alpha value is -3.07. The van der Waals surface area contributed by atoms with Gasteiger partial charge in [-0.1, -0.05) is 47.6 Å². The minimum Gasteiger partial charge on any atom is -0.372 e. The topological polar surface area (TPSA) is 84.4 Å². The van der Waals surface area contributed by atoms with Gasteiger partial charge < -0.3 is 16.0 Å². The molecule has 1 atom stereocenters. The lowest BCUT2D eigenvalue weighted by atomic mass is 9.73. The highest BCUT2D eigenvalue weighted by atomic mass is 35.5. The fourth-order valence-corrected chi connectivity index (χ4v) is 7.29. The van der Waals surface area contributed by atoms with Crippen molar-refractivity contribution in [2.45, 2.75) is 35.1 Å². The average molecular weight is 516 g/mol. The number of benzene rings is 1. The summed E-state index contributed by atoms with van der Waals surface area (Å²) < 4.78 is 2.16. The lowest BCUT2D eigenvalue weighted by Crippen LogP contribution is -2.44. The van der Waals surface area contributed by atoms with Gasteiger partial charge in [-0.2, -0.15) is 0 Å². The summed E-state index contributed by atoms with van der Waals surface area (Å²) in [6, 6.07) is 14.9. The molecular weight excluding hydrogens is 490 g/mol. The number of aromatic nitrogens is 4. The second kappa shape index (κ2) is 8.23. The Labute approximate surface area is 218 Å². The predicted molar refractivity (Wildman–Crippen MR) is 146 cm³/mol. The first-order valence-corrected chi connectivity index (χ1v) is 13.5. The highest BCUT2D eigenvalue weighted by molar-refractivity contribution is 7.99. The summed E-state index contributed by atoms with van der Waals surface area (Å²) in [6.45, 7) is 1.89. The largest absolute Gasteiger partial charge is 0.372 e. The molecule has 0 bridgehead atoms. The quantitative estimate of drug-likeness (QED) is 0.331. The van der Waals surface area contributed by atoms with Crippen molar-refractivity contribution in [3.05, 3.63) is 71.0 Å². The van der Waals surface area contributed by atoms with Crippen molar-refractivity contribution < 1.29 is 0 Å². The summed E-state index contributed by atoms with van der Waals surface area (Å²) in [7, 11) is 1.82. The first kappa shape index (κ1) is 22.2. The van der Waals surface area contributed by atoms with Crippen LogP contribution in [0.3, 0.4) is 0 Å². The number of halogens is 1. The Kier molecular flexibility index (Phi) is 5.06. The average Bonchev–Trinajstić information content (AvgIpc) is 3.58. The second-order valence-electron chi connectivity index (χ2n) is 9.82. The number of pyridine rings is 2. The van der Waals surface area contributed by atoms with E-state index in [1.807, 2.05) is 19.3 Å². The lowest BCUT2D eigenvalue weighted by molar-refractivity contribution is 0.187. The molecule has 1 fully saturated rings. The van der Waals surface area contributed by atoms with Crippen LogP contribution >= 0.6 is 23.4 Å². The molecule has 9 heteroatoms. The SMILES string of the molecule is CNc1nccc(Sc2ccc3nc(N4CCC5(CC4)Cc4ccccc4[C@H]5N)c4cnc2n34)c1Cl. The van der Waals surface area contributed by atoms with Gasteiger partial charge in [-0.05, 0) is 54.0 Å². The van der Waals surface area contributed by atoms with Crippen LogP contribution in [0.25, 0.3) is 16.8 Å². The third kappa shape index (κ3) is 3.21. The number of anilines is 2. The van der Waals surface area contributed by atoms with Crippen LogP contribution in [0.5, 0.6) is 0 Å². The third-order valence-electron chi connectivity index (χ3n) is 8.01. The predicted octanol–water partition coefficient (Wildman–Crippen LogP) is 5.40. The second-order valence-corrected chi connectivity index (χ2v) is 11.3. The van der Waals surface area contributed by atoms with Gasteiger partial charge in [0.05, 0.1) is 16.1 Å². The Balaban J connectivity index is 1.17. The fourth-order valence-electron chi connectivity index (χ4n) is 6.05. The summed E-state index contributed by atoms with van der Waals surface area (Å²) in [5, 5.41) is 3.65. The van der Waals surface area contributed by atoms with Crippen molar-refractivity contribution in [3.63, 3.8) is 0 Å². The summed E-state index contributed by atoms with van der Waals surface area (Å²) in [5.74, 6) is 1.68. The number of imidazole rings is 2. The van der Waals surface area contributed by atoms with Gasteiger partial charge in [-0.25, -0.2) is 15.0 Å². The Morgan fingerprint density at radius 2 is 1.92 bits per heavy atom. The molecule has 0 radical (unpaired) electrons. The monoisotopic (exact) mass is 515 g/mol. The fraction of sp³-hybridized carbons (Fsp3) is 0.296. The van der Waals surface area contributed by atoms with Crippen molar-refractivity contribution in [1.82, 2.24) is 19.4 Å². The number of hydrogen-bond donors (Lipinski definition) is 2. The maximum absolute atomic E-state index is 6.80. The summed E-state index contributed by atoms with van der Waals surface area (Å²) in [5.41, 5.74) is 12.6. The number of fused-ring (bicyclic) bond motifs is 1. The molecule has 7 nitrogen and oxygen atoms in total. The minimum absolute atomic E-state index is 0.114. The van der Waals surface area contributed by atoms with E-state index in [4.69, 9.17) is 27.3 Å². The van der Waals surface area contributed by atoms with Crippen LogP contribution in [0, 0.1) is 5.41 Å². The van der Waals surface area contributed by atoms with Crippen molar-refractivity contribution in [1.29, 1.82) is 0 Å². The van der Waals surface area contributed by atoms with Crippen molar-refractivity contribution in [3.8, 4) is 0 Å². The molecule has 1 aromatic carbocycles. The maximum atomic E-state index is 6.80. The van der Waals surface area contributed by atoms with Crippen LogP contribution in [0.1, 0.15) is 30.0 Å². The molecule has 0 unspecified atom stereocenters. The van der Waals surface area contributed by atoms with Gasteiger partial charge in [-0.3, -0.25) is 4.40 Å². The number of nitrogens with one attached hydrogen (secondary N) is 1. The highest BCUT2D eigenvalue weighted by Gasteiger charge is 2.46. The smallest absolute Gasteiger partial charge is 0.157 e. The van der Waals surface area contributed by atoms with Crippen LogP contribution < -0.4 is 16.0 Å². The molecule has 2 aliphatic rings. The van der Waals surface area contributed by atoms with Gasteiger partial charge in [0.25, 0.3) is 0 Å². The molecule has 4 aromatic heterocycles. The zero-order valence-corrected chi connectivity index (χ0v) is 21.5. The first-order chi connectivity index (χ1) is 17.6. The molecular formula is C27H26ClN7S. The molecule has 1 aliphatic carbocycles. The van der Waals surface area contributed by atoms with Crippen LogP contribution in [0.2, 0.25) is 5.02 Å². The number of nitrogens with zero attached hydrogens (tertiary/aromatic N) is 5. The number of hydrogen-bond acceptors (Lipinski definition) is 7. The van der Waals surface area contributed by atoms with E-state index in [1.165, 1.54) is 11.1 Å². The lowest BCUT2D eigenvalue weighted by Gasteiger charge is -2.42. The number of nitrogens with two attached hydrogens (primary N) is 1. The van der Waals surface area contributed by atoms with E-state index in [0.717, 1.165) is 64.8 Å². The van der Waals surface area contributed by atoms with Gasteiger partial charge >= 0.3 is 0 Å². The highest BCUT2D eigenvalue weighted by Crippen LogP contribution is 2.51. The van der Waals surface area contributed by atoms with Crippen molar-refractivity contribution in [2.24, 2.45) is 11.1 Å². The van der Waals surface area contributed by atoms with Gasteiger partial charge in [0, 0.05) is 37.3 Å². The Morgan fingerprint density at radius 3 is 2.72 bits per heavy atom. The van der Waals surface area contributed by atoms with E-state index < -0.39 is 0 Å².